The number of fused-ring (bicyclic) bond motifs is 2. The Bertz CT molecular complexity index is 181. The molecule has 2 rings (SSSR count). The molecule has 0 aliphatic heterocycles. The molecule has 1 heteroatoms. The van der Waals surface area contributed by atoms with Crippen LogP contribution >= 0.6 is 0 Å². The van der Waals surface area contributed by atoms with Crippen molar-refractivity contribution in [1.82, 2.24) is 0 Å². The molecular weight excluding hydrogens is 124 g/mol. The van der Waals surface area contributed by atoms with Crippen molar-refractivity contribution in [3.05, 3.63) is 0 Å². The van der Waals surface area contributed by atoms with Gasteiger partial charge < -0.3 is 0 Å². The Hall–Kier alpha value is -0.330. The van der Waals surface area contributed by atoms with E-state index in [1.807, 2.05) is 0 Å². The standard InChI is InChI=1S/C9H14O/c1-9(2)6-3-4-7(9)8(10)5-6/h6-7H,3-5H2,1-2H3/t6-,7-/m1/s1. The van der Waals surface area contributed by atoms with Gasteiger partial charge in [-0.1, -0.05) is 13.8 Å². The normalized spacial score (nSPS) is 42.8. The summed E-state index contributed by atoms with van der Waals surface area (Å²) < 4.78 is 0. The first-order valence-electron chi connectivity index (χ1n) is 4.15. The zero-order valence-electron chi connectivity index (χ0n) is 6.68. The van der Waals surface area contributed by atoms with E-state index >= 15 is 0 Å². The second-order valence-electron chi connectivity index (χ2n) is 4.32. The lowest BCUT2D eigenvalue weighted by molar-refractivity contribution is -0.122. The number of ketones is 1. The summed E-state index contributed by atoms with van der Waals surface area (Å²) in [7, 11) is 0. The summed E-state index contributed by atoms with van der Waals surface area (Å²) in [6.45, 7) is 4.50. The largest absolute Gasteiger partial charge is 0.299 e. The number of hydrogen-bond donors (Lipinski definition) is 0. The molecule has 0 N–H and O–H groups in total. The molecule has 0 radical (unpaired) electrons. The molecule has 0 aromatic carbocycles. The van der Waals surface area contributed by atoms with Crippen LogP contribution in [0.5, 0.6) is 0 Å². The molecule has 2 aliphatic carbocycles. The Morgan fingerprint density at radius 1 is 1.40 bits per heavy atom. The zero-order valence-corrected chi connectivity index (χ0v) is 6.68. The first-order chi connectivity index (χ1) is 4.62. The van der Waals surface area contributed by atoms with Gasteiger partial charge in [0.1, 0.15) is 5.78 Å². The highest BCUT2D eigenvalue weighted by atomic mass is 16.1. The summed E-state index contributed by atoms with van der Waals surface area (Å²) in [6.07, 6.45) is 3.33. The summed E-state index contributed by atoms with van der Waals surface area (Å²) >= 11 is 0. The van der Waals surface area contributed by atoms with Gasteiger partial charge in [-0.05, 0) is 24.2 Å². The van der Waals surface area contributed by atoms with E-state index in [4.69, 9.17) is 0 Å². The molecule has 2 fully saturated rings. The van der Waals surface area contributed by atoms with Gasteiger partial charge in [-0.15, -0.1) is 0 Å². The highest BCUT2D eigenvalue weighted by molar-refractivity contribution is 5.85. The molecule has 2 saturated carbocycles. The van der Waals surface area contributed by atoms with Gasteiger partial charge in [-0.25, -0.2) is 0 Å². The van der Waals surface area contributed by atoms with Gasteiger partial charge >= 0.3 is 0 Å². The van der Waals surface area contributed by atoms with Crippen molar-refractivity contribution < 1.29 is 4.79 Å². The number of carbonyl (C=O) groups excluding carboxylic acids is 1. The van der Waals surface area contributed by atoms with Crippen molar-refractivity contribution in [1.29, 1.82) is 0 Å². The Balaban J connectivity index is 2.35. The van der Waals surface area contributed by atoms with Crippen LogP contribution < -0.4 is 0 Å². The average molecular weight is 138 g/mol. The van der Waals surface area contributed by atoms with Crippen LogP contribution in [0, 0.1) is 17.3 Å². The van der Waals surface area contributed by atoms with Gasteiger partial charge in [0.2, 0.25) is 0 Å². The number of carbonyl (C=O) groups is 1. The molecule has 2 atom stereocenters. The first-order valence-corrected chi connectivity index (χ1v) is 4.15. The molecule has 0 amide bonds. The van der Waals surface area contributed by atoms with Gasteiger partial charge in [0.05, 0.1) is 0 Å². The van der Waals surface area contributed by atoms with Crippen LogP contribution in [0.3, 0.4) is 0 Å². The van der Waals surface area contributed by atoms with E-state index in [9.17, 15) is 4.79 Å². The Kier molecular flexibility index (Phi) is 1.04. The topological polar surface area (TPSA) is 17.1 Å². The molecule has 0 spiro atoms. The molecule has 2 bridgehead atoms. The Morgan fingerprint density at radius 3 is 2.30 bits per heavy atom. The van der Waals surface area contributed by atoms with Crippen molar-refractivity contribution in [3.8, 4) is 0 Å². The number of hydrogen-bond acceptors (Lipinski definition) is 1. The first kappa shape index (κ1) is 6.38. The van der Waals surface area contributed by atoms with Gasteiger partial charge in [0, 0.05) is 12.3 Å². The maximum absolute atomic E-state index is 11.3. The minimum Gasteiger partial charge on any atom is -0.299 e. The van der Waals surface area contributed by atoms with E-state index in [2.05, 4.69) is 13.8 Å². The second kappa shape index (κ2) is 1.63. The average Bonchev–Trinajstić information content (AvgIpc) is 2.20. The molecule has 1 nitrogen and oxygen atoms in total. The van der Waals surface area contributed by atoms with Crippen molar-refractivity contribution in [3.63, 3.8) is 0 Å². The van der Waals surface area contributed by atoms with Crippen LogP contribution in [0.15, 0.2) is 0 Å². The summed E-state index contributed by atoms with van der Waals surface area (Å²) in [5.41, 5.74) is 0.344. The van der Waals surface area contributed by atoms with E-state index in [1.165, 1.54) is 6.42 Å². The molecule has 0 unspecified atom stereocenters. The van der Waals surface area contributed by atoms with Crippen LogP contribution in [0.2, 0.25) is 0 Å². The quantitative estimate of drug-likeness (QED) is 0.500. The van der Waals surface area contributed by atoms with Crippen LogP contribution in [0.1, 0.15) is 33.1 Å². The molecule has 56 valence electrons. The third-order valence-corrected chi connectivity index (χ3v) is 3.59. The minimum absolute atomic E-state index is 0.344. The lowest BCUT2D eigenvalue weighted by Crippen LogP contribution is -2.19. The summed E-state index contributed by atoms with van der Waals surface area (Å²) in [6, 6.07) is 0. The van der Waals surface area contributed by atoms with E-state index in [0.717, 1.165) is 12.8 Å². The van der Waals surface area contributed by atoms with E-state index in [1.54, 1.807) is 0 Å². The van der Waals surface area contributed by atoms with E-state index < -0.39 is 0 Å². The van der Waals surface area contributed by atoms with Crippen molar-refractivity contribution in [2.75, 3.05) is 0 Å². The Labute approximate surface area is 61.8 Å². The van der Waals surface area contributed by atoms with Crippen molar-refractivity contribution in [2.24, 2.45) is 17.3 Å². The van der Waals surface area contributed by atoms with Crippen molar-refractivity contribution >= 4 is 5.78 Å². The predicted octanol–water partition coefficient (Wildman–Crippen LogP) is 2.01. The second-order valence-corrected chi connectivity index (χ2v) is 4.32. The molecule has 2 aliphatic rings. The third kappa shape index (κ3) is 0.561. The van der Waals surface area contributed by atoms with Crippen LogP contribution in [-0.4, -0.2) is 5.78 Å². The zero-order chi connectivity index (χ0) is 7.35. The molecule has 0 heterocycles. The fourth-order valence-electron chi connectivity index (χ4n) is 2.72. The van der Waals surface area contributed by atoms with Crippen LogP contribution in [0.25, 0.3) is 0 Å². The molecule has 10 heavy (non-hydrogen) atoms. The smallest absolute Gasteiger partial charge is 0.136 e. The number of Topliss-reactive ketones (excluding diaryl/α,β-unsaturated/α-hetero) is 1. The molecular formula is C9H14O. The van der Waals surface area contributed by atoms with E-state index in [0.29, 0.717) is 23.0 Å². The van der Waals surface area contributed by atoms with Gasteiger partial charge in [-0.3, -0.25) is 4.79 Å². The lowest BCUT2D eigenvalue weighted by atomic mass is 9.82. The van der Waals surface area contributed by atoms with E-state index in [-0.39, 0.29) is 0 Å². The fourth-order valence-corrected chi connectivity index (χ4v) is 2.72. The van der Waals surface area contributed by atoms with Crippen LogP contribution in [-0.2, 0) is 4.79 Å². The van der Waals surface area contributed by atoms with Gasteiger partial charge in [0.15, 0.2) is 0 Å². The Morgan fingerprint density at radius 2 is 2.10 bits per heavy atom. The monoisotopic (exact) mass is 138 g/mol. The van der Waals surface area contributed by atoms with Gasteiger partial charge in [-0.2, -0.15) is 0 Å². The lowest BCUT2D eigenvalue weighted by Gasteiger charge is -2.21. The van der Waals surface area contributed by atoms with Gasteiger partial charge in [0.25, 0.3) is 0 Å². The maximum atomic E-state index is 11.3. The third-order valence-electron chi connectivity index (χ3n) is 3.59. The summed E-state index contributed by atoms with van der Waals surface area (Å²) in [5.74, 6) is 1.66. The van der Waals surface area contributed by atoms with Crippen LogP contribution in [0.4, 0.5) is 0 Å². The fraction of sp³-hybridized carbons (Fsp3) is 0.889. The summed E-state index contributed by atoms with van der Waals surface area (Å²) in [5, 5.41) is 0. The molecule has 0 aromatic heterocycles. The summed E-state index contributed by atoms with van der Waals surface area (Å²) in [4.78, 5) is 11.3. The molecule has 0 aromatic rings. The number of rotatable bonds is 0. The highest BCUT2D eigenvalue weighted by Crippen LogP contribution is 2.55. The van der Waals surface area contributed by atoms with Crippen molar-refractivity contribution in [2.45, 2.75) is 33.1 Å². The molecule has 0 saturated heterocycles. The highest BCUT2D eigenvalue weighted by Gasteiger charge is 2.52. The SMILES string of the molecule is CC1(C)[C@@H]2CC[C@@H]1C(=O)C2. The minimum atomic E-state index is 0.344. The predicted molar refractivity (Wildman–Crippen MR) is 39.6 cm³/mol. The maximum Gasteiger partial charge on any atom is 0.136 e.